The van der Waals surface area contributed by atoms with E-state index < -0.39 is 12.2 Å². The maximum Gasteiger partial charge on any atom is 0.403 e. The minimum absolute atomic E-state index is 0.205. The highest BCUT2D eigenvalue weighted by molar-refractivity contribution is 6.30. The number of rotatable bonds is 5. The molecule has 1 heterocycles. The van der Waals surface area contributed by atoms with Crippen molar-refractivity contribution in [1.29, 1.82) is 0 Å². The van der Waals surface area contributed by atoms with Gasteiger partial charge in [0.1, 0.15) is 6.04 Å². The number of nitrogens with zero attached hydrogens (tertiary/aromatic N) is 3. The van der Waals surface area contributed by atoms with Crippen LogP contribution in [0.15, 0.2) is 29.3 Å². The lowest BCUT2D eigenvalue weighted by Gasteiger charge is -2.39. The number of benzene rings is 1. The van der Waals surface area contributed by atoms with Gasteiger partial charge in [-0.25, -0.2) is 0 Å². The third-order valence-corrected chi connectivity index (χ3v) is 4.90. The highest BCUT2D eigenvalue weighted by Crippen LogP contribution is 2.25. The van der Waals surface area contributed by atoms with Gasteiger partial charge in [-0.15, -0.1) is 0 Å². The normalized spacial score (nSPS) is 17.4. The highest BCUT2D eigenvalue weighted by Gasteiger charge is 2.41. The number of halogens is 4. The van der Waals surface area contributed by atoms with Crippen molar-refractivity contribution < 1.29 is 18.0 Å². The zero-order valence-corrected chi connectivity index (χ0v) is 16.6. The number of carbonyl (C=O) groups is 1. The number of piperazine rings is 1. The van der Waals surface area contributed by atoms with Crippen LogP contribution in [-0.4, -0.2) is 80.2 Å². The second-order valence-corrected chi connectivity index (χ2v) is 6.91. The maximum atomic E-state index is 12.8. The van der Waals surface area contributed by atoms with Gasteiger partial charge in [0.05, 0.1) is 0 Å². The molecule has 156 valence electrons. The summed E-state index contributed by atoms with van der Waals surface area (Å²) < 4.78 is 38.5. The number of hydrogen-bond acceptors (Lipinski definition) is 3. The van der Waals surface area contributed by atoms with Gasteiger partial charge < -0.3 is 15.5 Å². The van der Waals surface area contributed by atoms with Crippen LogP contribution in [0.2, 0.25) is 5.02 Å². The van der Waals surface area contributed by atoms with Gasteiger partial charge in [-0.3, -0.25) is 14.7 Å². The standard InChI is InChI=1S/C18H25ClF3N5O/c1-13(18(20,21)22)26-9-11-27(12-10-26)17(23-2)25-8-7-24-16(28)14-3-5-15(19)6-4-14/h3-6,13H,7-12H2,1-2H3,(H,23,25)(H,24,28). The smallest absolute Gasteiger partial charge is 0.354 e. The first-order valence-electron chi connectivity index (χ1n) is 9.02. The summed E-state index contributed by atoms with van der Waals surface area (Å²) in [7, 11) is 1.62. The van der Waals surface area contributed by atoms with E-state index in [1.54, 1.807) is 31.3 Å². The van der Waals surface area contributed by atoms with E-state index >= 15 is 0 Å². The quantitative estimate of drug-likeness (QED) is 0.436. The Morgan fingerprint density at radius 3 is 2.25 bits per heavy atom. The molecule has 1 atom stereocenters. The summed E-state index contributed by atoms with van der Waals surface area (Å²) in [5.41, 5.74) is 0.517. The second-order valence-electron chi connectivity index (χ2n) is 6.48. The van der Waals surface area contributed by atoms with Crippen LogP contribution in [0.5, 0.6) is 0 Å². The van der Waals surface area contributed by atoms with Crippen LogP contribution in [0.4, 0.5) is 13.2 Å². The van der Waals surface area contributed by atoms with Gasteiger partial charge in [0.2, 0.25) is 0 Å². The molecule has 1 fully saturated rings. The van der Waals surface area contributed by atoms with Gasteiger partial charge in [-0.1, -0.05) is 11.6 Å². The fourth-order valence-electron chi connectivity index (χ4n) is 2.91. The summed E-state index contributed by atoms with van der Waals surface area (Å²) in [6, 6.07) is 5.13. The Morgan fingerprint density at radius 1 is 1.14 bits per heavy atom. The van der Waals surface area contributed by atoms with Crippen molar-refractivity contribution in [3.8, 4) is 0 Å². The third-order valence-electron chi connectivity index (χ3n) is 4.65. The summed E-state index contributed by atoms with van der Waals surface area (Å²) in [5, 5.41) is 6.48. The Hall–Kier alpha value is -2.00. The van der Waals surface area contributed by atoms with Crippen molar-refractivity contribution in [2.45, 2.75) is 19.1 Å². The molecule has 0 radical (unpaired) electrons. The summed E-state index contributed by atoms with van der Waals surface area (Å²) in [4.78, 5) is 19.6. The predicted octanol–water partition coefficient (Wildman–Crippen LogP) is 2.21. The van der Waals surface area contributed by atoms with Crippen molar-refractivity contribution in [1.82, 2.24) is 20.4 Å². The van der Waals surface area contributed by atoms with E-state index in [9.17, 15) is 18.0 Å². The molecule has 1 aromatic carbocycles. The SMILES string of the molecule is CN=C(NCCNC(=O)c1ccc(Cl)cc1)N1CCN(C(C)C(F)(F)F)CC1. The van der Waals surface area contributed by atoms with Crippen LogP contribution in [0.1, 0.15) is 17.3 Å². The lowest BCUT2D eigenvalue weighted by molar-refractivity contribution is -0.181. The van der Waals surface area contributed by atoms with Gasteiger partial charge in [-0.2, -0.15) is 13.2 Å². The van der Waals surface area contributed by atoms with Crippen LogP contribution < -0.4 is 10.6 Å². The van der Waals surface area contributed by atoms with E-state index in [-0.39, 0.29) is 5.91 Å². The Balaban J connectivity index is 1.73. The molecule has 0 aliphatic carbocycles. The molecule has 0 spiro atoms. The molecule has 2 rings (SSSR count). The Labute approximate surface area is 167 Å². The third kappa shape index (κ3) is 6.27. The lowest BCUT2D eigenvalue weighted by Crippen LogP contribution is -2.57. The molecule has 1 unspecified atom stereocenters. The van der Waals surface area contributed by atoms with E-state index in [2.05, 4.69) is 15.6 Å². The molecule has 6 nitrogen and oxygen atoms in total. The van der Waals surface area contributed by atoms with Crippen molar-refractivity contribution >= 4 is 23.5 Å². The van der Waals surface area contributed by atoms with Gasteiger partial charge in [0.25, 0.3) is 5.91 Å². The van der Waals surface area contributed by atoms with E-state index in [1.165, 1.54) is 11.8 Å². The number of alkyl halides is 3. The average molecular weight is 420 g/mol. The number of aliphatic imine (C=N–C) groups is 1. The average Bonchev–Trinajstić information content (AvgIpc) is 2.67. The number of nitrogens with one attached hydrogen (secondary N) is 2. The van der Waals surface area contributed by atoms with Crippen LogP contribution in [-0.2, 0) is 0 Å². The first-order valence-corrected chi connectivity index (χ1v) is 9.40. The first kappa shape index (κ1) is 22.3. The number of amides is 1. The van der Waals surface area contributed by atoms with Gasteiger partial charge in [0, 0.05) is 56.9 Å². The lowest BCUT2D eigenvalue weighted by atomic mass is 10.2. The number of hydrogen-bond donors (Lipinski definition) is 2. The van der Waals surface area contributed by atoms with Crippen LogP contribution in [0, 0.1) is 0 Å². The second kappa shape index (κ2) is 9.97. The van der Waals surface area contributed by atoms with E-state index in [0.717, 1.165) is 0 Å². The molecule has 2 N–H and O–H groups in total. The molecule has 0 bridgehead atoms. The minimum atomic E-state index is -4.22. The molecular weight excluding hydrogens is 395 g/mol. The molecule has 1 aliphatic rings. The summed E-state index contributed by atoms with van der Waals surface area (Å²) in [5.74, 6) is 0.406. The molecule has 0 saturated carbocycles. The zero-order valence-electron chi connectivity index (χ0n) is 15.9. The molecule has 1 aromatic rings. The van der Waals surface area contributed by atoms with Gasteiger partial charge in [-0.05, 0) is 31.2 Å². The summed E-state index contributed by atoms with van der Waals surface area (Å²) >= 11 is 5.80. The van der Waals surface area contributed by atoms with Crippen LogP contribution in [0.25, 0.3) is 0 Å². The minimum Gasteiger partial charge on any atom is -0.354 e. The number of guanidine groups is 1. The maximum absolute atomic E-state index is 12.8. The monoisotopic (exact) mass is 419 g/mol. The zero-order chi connectivity index (χ0) is 20.7. The molecule has 1 saturated heterocycles. The van der Waals surface area contributed by atoms with Crippen molar-refractivity contribution in [2.75, 3.05) is 46.3 Å². The highest BCUT2D eigenvalue weighted by atomic mass is 35.5. The topological polar surface area (TPSA) is 60.0 Å². The van der Waals surface area contributed by atoms with Crippen LogP contribution in [0.3, 0.4) is 0 Å². The molecule has 28 heavy (non-hydrogen) atoms. The largest absolute Gasteiger partial charge is 0.403 e. The molecule has 10 heteroatoms. The van der Waals surface area contributed by atoms with Crippen molar-refractivity contribution in [3.05, 3.63) is 34.9 Å². The van der Waals surface area contributed by atoms with Gasteiger partial charge >= 0.3 is 6.18 Å². The van der Waals surface area contributed by atoms with E-state index in [0.29, 0.717) is 55.8 Å². The predicted molar refractivity (Wildman–Crippen MR) is 104 cm³/mol. The molecule has 1 aliphatic heterocycles. The van der Waals surface area contributed by atoms with Crippen molar-refractivity contribution in [3.63, 3.8) is 0 Å². The number of carbonyl (C=O) groups excluding carboxylic acids is 1. The molecule has 1 amide bonds. The molecule has 0 aromatic heterocycles. The molecular formula is C18H25ClF3N5O. The Kier molecular flexibility index (Phi) is 7.94. The first-order chi connectivity index (χ1) is 13.2. The fourth-order valence-corrected chi connectivity index (χ4v) is 3.04. The fraction of sp³-hybridized carbons (Fsp3) is 0.556. The van der Waals surface area contributed by atoms with Crippen LogP contribution >= 0.6 is 11.6 Å². The Morgan fingerprint density at radius 2 is 1.71 bits per heavy atom. The van der Waals surface area contributed by atoms with Crippen molar-refractivity contribution in [2.24, 2.45) is 4.99 Å². The summed E-state index contributed by atoms with van der Waals surface area (Å²) in [6.07, 6.45) is -4.22. The Bertz CT molecular complexity index is 673. The van der Waals surface area contributed by atoms with E-state index in [1.807, 2.05) is 4.90 Å². The summed E-state index contributed by atoms with van der Waals surface area (Å²) in [6.45, 7) is 3.56. The van der Waals surface area contributed by atoms with Gasteiger partial charge in [0.15, 0.2) is 5.96 Å². The van der Waals surface area contributed by atoms with E-state index in [4.69, 9.17) is 11.6 Å².